The molecule has 0 N–H and O–H groups in total. The number of nitrogens with zero attached hydrogens (tertiary/aromatic N) is 3. The lowest BCUT2D eigenvalue weighted by Gasteiger charge is -2.36. The van der Waals surface area contributed by atoms with Gasteiger partial charge in [0.2, 0.25) is 5.91 Å². The summed E-state index contributed by atoms with van der Waals surface area (Å²) in [5.74, 6) is -0.0703. The molecule has 4 aromatic rings. The average Bonchev–Trinajstić information content (AvgIpc) is 3.24. The number of piperazine rings is 1. The first kappa shape index (κ1) is 23.2. The van der Waals surface area contributed by atoms with Crippen LogP contribution in [0.2, 0.25) is 0 Å². The summed E-state index contributed by atoms with van der Waals surface area (Å²) in [4.78, 5) is 17.6. The molecule has 1 amide bonds. The van der Waals surface area contributed by atoms with E-state index in [0.29, 0.717) is 18.5 Å². The van der Waals surface area contributed by atoms with Gasteiger partial charge in [-0.1, -0.05) is 66.2 Å². The number of hydrogen-bond donors (Lipinski definition) is 0. The summed E-state index contributed by atoms with van der Waals surface area (Å²) in [7, 11) is -3.59. The molecule has 0 aliphatic carbocycles. The topological polar surface area (TPSA) is 62.6 Å². The standard InChI is InChI=1S/C28H29N3O3S/c1-22-8-7-9-23(18-22)21-35(33,34)27-19-31(26-13-6-5-12-25(26)27)20-28(32)30-16-14-29(15-17-30)24-10-3-2-4-11-24/h2-13,18-19H,14-17,20-21H2,1H3. The van der Waals surface area contributed by atoms with Gasteiger partial charge in [-0.2, -0.15) is 0 Å². The molecule has 0 saturated carbocycles. The van der Waals surface area contributed by atoms with Gasteiger partial charge in [0.1, 0.15) is 6.54 Å². The highest BCUT2D eigenvalue weighted by atomic mass is 32.2. The van der Waals surface area contributed by atoms with Crippen LogP contribution >= 0.6 is 0 Å². The fraction of sp³-hybridized carbons (Fsp3) is 0.250. The molecule has 1 aliphatic heterocycles. The van der Waals surface area contributed by atoms with Gasteiger partial charge in [-0.3, -0.25) is 4.79 Å². The van der Waals surface area contributed by atoms with Crippen molar-refractivity contribution in [2.75, 3.05) is 31.1 Å². The number of aromatic nitrogens is 1. The molecule has 7 heteroatoms. The lowest BCUT2D eigenvalue weighted by atomic mass is 10.2. The molecular weight excluding hydrogens is 458 g/mol. The summed E-state index contributed by atoms with van der Waals surface area (Å²) in [6, 6.07) is 25.2. The molecule has 0 unspecified atom stereocenters. The van der Waals surface area contributed by atoms with Gasteiger partial charge in [-0.15, -0.1) is 0 Å². The summed E-state index contributed by atoms with van der Waals surface area (Å²) in [6.07, 6.45) is 1.63. The zero-order valence-corrected chi connectivity index (χ0v) is 20.6. The number of amides is 1. The first-order valence-electron chi connectivity index (χ1n) is 11.8. The SMILES string of the molecule is Cc1cccc(CS(=O)(=O)c2cn(CC(=O)N3CCN(c4ccccc4)CC3)c3ccccc23)c1. The monoisotopic (exact) mass is 487 g/mol. The third-order valence-corrected chi connectivity index (χ3v) is 8.29. The van der Waals surface area contributed by atoms with E-state index in [4.69, 9.17) is 0 Å². The predicted octanol–water partition coefficient (Wildman–Crippen LogP) is 4.27. The lowest BCUT2D eigenvalue weighted by Crippen LogP contribution is -2.49. The van der Waals surface area contributed by atoms with Crippen LogP contribution in [0.4, 0.5) is 5.69 Å². The van der Waals surface area contributed by atoms with E-state index in [1.807, 2.05) is 78.6 Å². The van der Waals surface area contributed by atoms with Gasteiger partial charge in [0.05, 0.1) is 10.6 Å². The minimum atomic E-state index is -3.59. The number of aryl methyl sites for hydroxylation is 1. The number of anilines is 1. The summed E-state index contributed by atoms with van der Waals surface area (Å²) >= 11 is 0. The highest BCUT2D eigenvalue weighted by Crippen LogP contribution is 2.28. The fourth-order valence-electron chi connectivity index (χ4n) is 4.79. The van der Waals surface area contributed by atoms with Crippen molar-refractivity contribution in [3.63, 3.8) is 0 Å². The second-order valence-corrected chi connectivity index (χ2v) is 11.0. The van der Waals surface area contributed by atoms with Crippen molar-refractivity contribution in [1.29, 1.82) is 0 Å². The summed E-state index contributed by atoms with van der Waals surface area (Å²) in [6.45, 7) is 4.91. The van der Waals surface area contributed by atoms with Gasteiger partial charge >= 0.3 is 0 Å². The highest BCUT2D eigenvalue weighted by Gasteiger charge is 2.25. The zero-order valence-electron chi connectivity index (χ0n) is 19.8. The van der Waals surface area contributed by atoms with Crippen LogP contribution < -0.4 is 4.90 Å². The third kappa shape index (κ3) is 4.95. The van der Waals surface area contributed by atoms with Gasteiger partial charge in [-0.25, -0.2) is 8.42 Å². The van der Waals surface area contributed by atoms with Crippen molar-refractivity contribution in [2.45, 2.75) is 24.1 Å². The molecule has 1 aliphatic rings. The number of carbonyl (C=O) groups excluding carboxylic acids is 1. The molecular formula is C28H29N3O3S. The first-order chi connectivity index (χ1) is 16.9. The van der Waals surface area contributed by atoms with Crippen molar-refractivity contribution < 1.29 is 13.2 Å². The number of para-hydroxylation sites is 2. The van der Waals surface area contributed by atoms with Crippen LogP contribution in [0.1, 0.15) is 11.1 Å². The normalized spacial score (nSPS) is 14.4. The Morgan fingerprint density at radius 3 is 2.31 bits per heavy atom. The minimum Gasteiger partial charge on any atom is -0.368 e. The molecule has 35 heavy (non-hydrogen) atoms. The average molecular weight is 488 g/mol. The molecule has 0 bridgehead atoms. The smallest absolute Gasteiger partial charge is 0.242 e. The second kappa shape index (κ2) is 9.58. The Kier molecular flexibility index (Phi) is 6.34. The predicted molar refractivity (Wildman–Crippen MR) is 139 cm³/mol. The van der Waals surface area contributed by atoms with E-state index >= 15 is 0 Å². The maximum absolute atomic E-state index is 13.4. The Morgan fingerprint density at radius 1 is 0.857 bits per heavy atom. The number of rotatable bonds is 6. The Labute approximate surface area is 206 Å². The van der Waals surface area contributed by atoms with Crippen LogP contribution in [0.15, 0.2) is 90.0 Å². The van der Waals surface area contributed by atoms with E-state index < -0.39 is 9.84 Å². The fourth-order valence-corrected chi connectivity index (χ4v) is 6.36. The third-order valence-electron chi connectivity index (χ3n) is 6.59. The van der Waals surface area contributed by atoms with Crippen LogP contribution in [-0.4, -0.2) is 50.0 Å². The van der Waals surface area contributed by atoms with Gasteiger partial charge in [0.15, 0.2) is 9.84 Å². The molecule has 0 radical (unpaired) electrons. The van der Waals surface area contributed by atoms with Gasteiger partial charge in [0.25, 0.3) is 0 Å². The van der Waals surface area contributed by atoms with E-state index in [0.717, 1.165) is 29.7 Å². The zero-order chi connectivity index (χ0) is 24.4. The van der Waals surface area contributed by atoms with Gasteiger partial charge < -0.3 is 14.4 Å². The van der Waals surface area contributed by atoms with Crippen LogP contribution in [0.3, 0.4) is 0 Å². The van der Waals surface area contributed by atoms with E-state index in [1.165, 1.54) is 5.69 Å². The number of hydrogen-bond acceptors (Lipinski definition) is 4. The van der Waals surface area contributed by atoms with E-state index in [-0.39, 0.29) is 23.1 Å². The number of benzene rings is 3. The Morgan fingerprint density at radius 2 is 1.57 bits per heavy atom. The maximum Gasteiger partial charge on any atom is 0.242 e. The largest absolute Gasteiger partial charge is 0.368 e. The first-order valence-corrected chi connectivity index (χ1v) is 13.5. The van der Waals surface area contributed by atoms with Crippen molar-refractivity contribution >= 4 is 32.3 Å². The molecule has 2 heterocycles. The van der Waals surface area contributed by atoms with Crippen molar-refractivity contribution in [1.82, 2.24) is 9.47 Å². The van der Waals surface area contributed by atoms with Crippen LogP contribution in [0.25, 0.3) is 10.9 Å². The van der Waals surface area contributed by atoms with Crippen LogP contribution in [0, 0.1) is 6.92 Å². The molecule has 0 spiro atoms. The number of carbonyl (C=O) groups is 1. The van der Waals surface area contributed by atoms with Crippen LogP contribution in [-0.2, 0) is 26.9 Å². The molecule has 6 nitrogen and oxygen atoms in total. The van der Waals surface area contributed by atoms with E-state index in [2.05, 4.69) is 17.0 Å². The lowest BCUT2D eigenvalue weighted by molar-refractivity contribution is -0.132. The highest BCUT2D eigenvalue weighted by molar-refractivity contribution is 7.90. The van der Waals surface area contributed by atoms with Crippen LogP contribution in [0.5, 0.6) is 0 Å². The van der Waals surface area contributed by atoms with Crippen molar-refractivity contribution in [3.8, 4) is 0 Å². The maximum atomic E-state index is 13.4. The Bertz CT molecular complexity index is 1450. The molecule has 1 aromatic heterocycles. The molecule has 1 saturated heterocycles. The Balaban J connectivity index is 1.34. The summed E-state index contributed by atoms with van der Waals surface area (Å²) < 4.78 is 28.6. The minimum absolute atomic E-state index is 0.00102. The summed E-state index contributed by atoms with van der Waals surface area (Å²) in [5.41, 5.74) is 3.71. The van der Waals surface area contributed by atoms with E-state index in [9.17, 15) is 13.2 Å². The Hall–Kier alpha value is -3.58. The van der Waals surface area contributed by atoms with Gasteiger partial charge in [-0.05, 0) is 30.7 Å². The second-order valence-electron chi connectivity index (χ2n) is 9.09. The number of sulfone groups is 1. The summed E-state index contributed by atoms with van der Waals surface area (Å²) in [5, 5.41) is 0.654. The van der Waals surface area contributed by atoms with Crippen molar-refractivity contribution in [2.24, 2.45) is 0 Å². The number of fused-ring (bicyclic) bond motifs is 1. The molecule has 1 fully saturated rings. The van der Waals surface area contributed by atoms with Crippen molar-refractivity contribution in [3.05, 3.63) is 96.2 Å². The quantitative estimate of drug-likeness (QED) is 0.408. The van der Waals surface area contributed by atoms with Gasteiger partial charge in [0, 0.05) is 49.0 Å². The molecule has 180 valence electrons. The molecule has 0 atom stereocenters. The molecule has 5 rings (SSSR count). The molecule has 3 aromatic carbocycles. The van der Waals surface area contributed by atoms with E-state index in [1.54, 1.807) is 10.8 Å².